The van der Waals surface area contributed by atoms with Crippen LogP contribution in [0.4, 0.5) is 10.1 Å². The zero-order valence-corrected chi connectivity index (χ0v) is 21.9. The maximum absolute atomic E-state index is 15.8. The summed E-state index contributed by atoms with van der Waals surface area (Å²) in [6.45, 7) is 2.78. The molecule has 8 nitrogen and oxygen atoms in total. The number of nitrogens with zero attached hydrogens (tertiary/aromatic N) is 3. The number of anilines is 1. The highest BCUT2D eigenvalue weighted by Crippen LogP contribution is 2.45. The van der Waals surface area contributed by atoms with Gasteiger partial charge in [0.15, 0.2) is 17.3 Å². The number of pyridine rings is 1. The Morgan fingerprint density at radius 2 is 1.90 bits per heavy atom. The van der Waals surface area contributed by atoms with Crippen LogP contribution < -0.4 is 15.1 Å². The first-order valence-corrected chi connectivity index (χ1v) is 13.6. The van der Waals surface area contributed by atoms with E-state index in [1.807, 2.05) is 35.2 Å². The standard InChI is InChI=1S/C30H32FN3O5/c1-39-29-26-21(28(36)22(30(37)38)16-34(26)20-9-10-20)14-23(31)27(29)33-15-19-8-5-12-32(24(19)17-33)13-11-25(35)18-6-3-2-4-7-18/h2-4,6-7,14,16,19-20,24H,5,8-13,15,17H2,1H3,(H,37,38)/t19-,24+/m0/s1. The van der Waals surface area contributed by atoms with Gasteiger partial charge < -0.3 is 19.3 Å². The normalized spacial score (nSPS) is 21.2. The lowest BCUT2D eigenvalue weighted by Crippen LogP contribution is -2.45. The van der Waals surface area contributed by atoms with E-state index >= 15 is 4.39 Å². The predicted molar refractivity (Wildman–Crippen MR) is 146 cm³/mol. The SMILES string of the molecule is COc1c(N2C[C@@H]3CCCN(CCC(=O)c4ccccc4)[C@@H]3C2)c(F)cc2c(=O)c(C(=O)O)cn(C3CC3)c12. The number of fused-ring (bicyclic) bond motifs is 2. The van der Waals surface area contributed by atoms with Crippen LogP contribution in [0.5, 0.6) is 5.75 Å². The Kier molecular flexibility index (Phi) is 6.62. The Hall–Kier alpha value is -3.72. The molecule has 39 heavy (non-hydrogen) atoms. The van der Waals surface area contributed by atoms with Crippen molar-refractivity contribution >= 4 is 28.3 Å². The molecule has 204 valence electrons. The van der Waals surface area contributed by atoms with Crippen LogP contribution in [0.25, 0.3) is 10.9 Å². The summed E-state index contributed by atoms with van der Waals surface area (Å²) in [5, 5.41) is 9.61. The highest BCUT2D eigenvalue weighted by atomic mass is 19.1. The first-order chi connectivity index (χ1) is 18.9. The van der Waals surface area contributed by atoms with Gasteiger partial charge >= 0.3 is 5.97 Å². The number of ketones is 1. The van der Waals surface area contributed by atoms with Crippen LogP contribution in [0.1, 0.15) is 58.9 Å². The predicted octanol–water partition coefficient (Wildman–Crippen LogP) is 4.36. The fourth-order valence-electron chi connectivity index (χ4n) is 6.47. The van der Waals surface area contributed by atoms with Crippen molar-refractivity contribution in [2.24, 2.45) is 5.92 Å². The number of methoxy groups -OCH3 is 1. The number of aromatic carboxylic acids is 1. The minimum atomic E-state index is -1.32. The average Bonchev–Trinajstić information content (AvgIpc) is 3.69. The second kappa shape index (κ2) is 10.1. The molecule has 3 aliphatic rings. The topological polar surface area (TPSA) is 92.1 Å². The Balaban J connectivity index is 1.32. The Bertz CT molecular complexity index is 1500. The summed E-state index contributed by atoms with van der Waals surface area (Å²) >= 11 is 0. The van der Waals surface area contributed by atoms with Crippen LogP contribution in [-0.2, 0) is 0 Å². The number of benzene rings is 2. The summed E-state index contributed by atoms with van der Waals surface area (Å²) in [4.78, 5) is 41.9. The van der Waals surface area contributed by atoms with E-state index in [0.717, 1.165) is 37.8 Å². The van der Waals surface area contributed by atoms with E-state index in [-0.39, 0.29) is 34.6 Å². The van der Waals surface area contributed by atoms with E-state index in [0.29, 0.717) is 43.2 Å². The number of piperidine rings is 1. The number of halogens is 1. The molecule has 0 amide bonds. The van der Waals surface area contributed by atoms with Gasteiger partial charge in [0.25, 0.3) is 0 Å². The maximum Gasteiger partial charge on any atom is 0.341 e. The smallest absolute Gasteiger partial charge is 0.341 e. The summed E-state index contributed by atoms with van der Waals surface area (Å²) < 4.78 is 23.4. The Labute approximate surface area is 225 Å². The maximum atomic E-state index is 15.8. The number of hydrogen-bond donors (Lipinski definition) is 1. The molecule has 9 heteroatoms. The number of carbonyl (C=O) groups excluding carboxylic acids is 1. The van der Waals surface area contributed by atoms with Gasteiger partial charge in [0, 0.05) is 49.9 Å². The zero-order valence-electron chi connectivity index (χ0n) is 21.9. The molecule has 2 saturated heterocycles. The molecule has 3 heterocycles. The largest absolute Gasteiger partial charge is 0.492 e. The number of rotatable bonds is 8. The summed E-state index contributed by atoms with van der Waals surface area (Å²) in [6.07, 6.45) is 5.57. The molecule has 2 aromatic carbocycles. The van der Waals surface area contributed by atoms with Gasteiger partial charge in [0.2, 0.25) is 5.43 Å². The zero-order chi connectivity index (χ0) is 27.3. The van der Waals surface area contributed by atoms with Crippen LogP contribution in [0.3, 0.4) is 0 Å². The molecular formula is C30H32FN3O5. The lowest BCUT2D eigenvalue weighted by Gasteiger charge is -2.36. The molecule has 1 aliphatic carbocycles. The number of likely N-dealkylation sites (tertiary alicyclic amines) is 1. The second-order valence-electron chi connectivity index (χ2n) is 10.9. The quantitative estimate of drug-likeness (QED) is 0.430. The Morgan fingerprint density at radius 3 is 2.59 bits per heavy atom. The summed E-state index contributed by atoms with van der Waals surface area (Å²) in [5.74, 6) is -1.20. The van der Waals surface area contributed by atoms with E-state index in [1.165, 1.54) is 19.4 Å². The van der Waals surface area contributed by atoms with E-state index in [9.17, 15) is 19.5 Å². The number of ether oxygens (including phenoxy) is 1. The Morgan fingerprint density at radius 1 is 1.13 bits per heavy atom. The number of Topliss-reactive ketones (excluding diaryl/α,β-unsaturated/α-hetero) is 1. The van der Waals surface area contributed by atoms with Crippen molar-refractivity contribution in [1.29, 1.82) is 0 Å². The monoisotopic (exact) mass is 533 g/mol. The molecule has 3 fully saturated rings. The van der Waals surface area contributed by atoms with Crippen LogP contribution in [0.2, 0.25) is 0 Å². The number of aromatic nitrogens is 1. The van der Waals surface area contributed by atoms with Crippen LogP contribution in [-0.4, -0.2) is 65.7 Å². The molecule has 1 N–H and O–H groups in total. The molecule has 1 aromatic heterocycles. The fourth-order valence-corrected chi connectivity index (χ4v) is 6.47. The molecule has 2 atom stereocenters. The minimum absolute atomic E-state index is 0.0255. The third kappa shape index (κ3) is 4.58. The van der Waals surface area contributed by atoms with Crippen LogP contribution in [0, 0.1) is 11.7 Å². The van der Waals surface area contributed by atoms with Crippen molar-refractivity contribution in [2.45, 2.75) is 44.2 Å². The molecule has 0 unspecified atom stereocenters. The number of carboxylic acid groups (broad SMARTS) is 1. The van der Waals surface area contributed by atoms with Gasteiger partial charge in [-0.15, -0.1) is 0 Å². The van der Waals surface area contributed by atoms with E-state index in [4.69, 9.17) is 4.74 Å². The molecule has 3 aromatic rings. The molecule has 0 spiro atoms. The van der Waals surface area contributed by atoms with Crippen molar-refractivity contribution in [3.05, 3.63) is 69.8 Å². The van der Waals surface area contributed by atoms with Gasteiger partial charge in [-0.1, -0.05) is 30.3 Å². The molecule has 1 saturated carbocycles. The third-order valence-electron chi connectivity index (χ3n) is 8.51. The summed E-state index contributed by atoms with van der Waals surface area (Å²) in [6, 6.07) is 10.7. The molecular weight excluding hydrogens is 501 g/mol. The van der Waals surface area contributed by atoms with Gasteiger partial charge in [-0.3, -0.25) is 14.5 Å². The van der Waals surface area contributed by atoms with Gasteiger partial charge in [-0.25, -0.2) is 9.18 Å². The average molecular weight is 534 g/mol. The molecule has 0 radical (unpaired) electrons. The van der Waals surface area contributed by atoms with E-state index < -0.39 is 17.2 Å². The lowest BCUT2D eigenvalue weighted by molar-refractivity contribution is 0.0694. The highest BCUT2D eigenvalue weighted by molar-refractivity contribution is 5.97. The first-order valence-electron chi connectivity index (χ1n) is 13.6. The fraction of sp³-hybridized carbons (Fsp3) is 0.433. The minimum Gasteiger partial charge on any atom is -0.492 e. The molecule has 6 rings (SSSR count). The first kappa shape index (κ1) is 25.6. The van der Waals surface area contributed by atoms with E-state index in [2.05, 4.69) is 4.90 Å². The molecule has 0 bridgehead atoms. The van der Waals surface area contributed by atoms with Crippen molar-refractivity contribution in [1.82, 2.24) is 9.47 Å². The van der Waals surface area contributed by atoms with Gasteiger partial charge in [0.1, 0.15) is 11.3 Å². The lowest BCUT2D eigenvalue weighted by atomic mass is 9.91. The third-order valence-corrected chi connectivity index (χ3v) is 8.51. The number of hydrogen-bond acceptors (Lipinski definition) is 6. The highest BCUT2D eigenvalue weighted by Gasteiger charge is 2.41. The van der Waals surface area contributed by atoms with Crippen molar-refractivity contribution in [3.8, 4) is 5.75 Å². The number of carbonyl (C=O) groups is 2. The van der Waals surface area contributed by atoms with Crippen molar-refractivity contribution < 1.29 is 23.8 Å². The van der Waals surface area contributed by atoms with Gasteiger partial charge in [0.05, 0.1) is 18.0 Å². The second-order valence-corrected chi connectivity index (χ2v) is 10.9. The molecule has 2 aliphatic heterocycles. The van der Waals surface area contributed by atoms with Gasteiger partial charge in [-0.2, -0.15) is 0 Å². The van der Waals surface area contributed by atoms with Crippen LogP contribution in [0.15, 0.2) is 47.4 Å². The van der Waals surface area contributed by atoms with Crippen molar-refractivity contribution in [3.63, 3.8) is 0 Å². The summed E-state index contributed by atoms with van der Waals surface area (Å²) in [5.41, 5.74) is 0.414. The van der Waals surface area contributed by atoms with E-state index in [1.54, 1.807) is 4.57 Å². The summed E-state index contributed by atoms with van der Waals surface area (Å²) in [7, 11) is 1.47. The van der Waals surface area contributed by atoms with Crippen molar-refractivity contribution in [2.75, 3.05) is 38.2 Å². The van der Waals surface area contributed by atoms with Crippen LogP contribution >= 0.6 is 0 Å². The number of carboxylic acids is 1. The van der Waals surface area contributed by atoms with Gasteiger partial charge in [-0.05, 0) is 44.2 Å².